The van der Waals surface area contributed by atoms with Gasteiger partial charge >= 0.3 is 0 Å². The molecule has 1 nitrogen and oxygen atoms in total. The zero-order valence-electron chi connectivity index (χ0n) is 5.68. The highest BCUT2D eigenvalue weighted by Gasteiger charge is 2.02. The van der Waals surface area contributed by atoms with Crippen molar-refractivity contribution in [2.75, 3.05) is 0 Å². The Balaban J connectivity index is 3.12. The molecule has 0 aliphatic carbocycles. The van der Waals surface area contributed by atoms with E-state index < -0.39 is 0 Å². The Bertz CT molecular complexity index is 273. The molecule has 0 radical (unpaired) electrons. The molecule has 0 spiro atoms. The molecule has 0 N–H and O–H groups in total. The second-order valence-electron chi connectivity index (χ2n) is 1.98. The monoisotopic (exact) mass is 232 g/mol. The summed E-state index contributed by atoms with van der Waals surface area (Å²) < 4.78 is 5.35. The van der Waals surface area contributed by atoms with E-state index in [4.69, 9.17) is 11.9 Å². The van der Waals surface area contributed by atoms with Crippen LogP contribution in [0.4, 0.5) is 0 Å². The van der Waals surface area contributed by atoms with Crippen molar-refractivity contribution in [2.45, 2.75) is 0 Å². The van der Waals surface area contributed by atoms with Crippen LogP contribution in [-0.2, 0) is 0 Å². The molecule has 0 aliphatic heterocycles. The topological polar surface area (TPSA) is 9.23 Å². The predicted molar refractivity (Wildman–Crippen MR) is 50.9 cm³/mol. The van der Waals surface area contributed by atoms with Crippen LogP contribution in [0.3, 0.4) is 0 Å². The van der Waals surface area contributed by atoms with E-state index in [1.165, 1.54) is 0 Å². The molecule has 0 saturated carbocycles. The van der Waals surface area contributed by atoms with E-state index in [0.29, 0.717) is 5.75 Å². The highest BCUT2D eigenvalue weighted by Crippen LogP contribution is 2.28. The van der Waals surface area contributed by atoms with Gasteiger partial charge < -0.3 is 4.29 Å². The van der Waals surface area contributed by atoms with Crippen LogP contribution < -0.4 is 4.29 Å². The zero-order valence-corrected chi connectivity index (χ0v) is 8.02. The van der Waals surface area contributed by atoms with Gasteiger partial charge in [-0.3, -0.25) is 0 Å². The Morgan fingerprint density at radius 3 is 2.55 bits per heavy atom. The maximum atomic E-state index is 5.21. The number of rotatable bonds is 2. The second kappa shape index (κ2) is 3.79. The lowest BCUT2D eigenvalue weighted by molar-refractivity contribution is 0.617. The maximum absolute atomic E-state index is 5.21. The summed E-state index contributed by atoms with van der Waals surface area (Å²) in [6, 6.07) is 7.38. The van der Waals surface area contributed by atoms with Crippen LogP contribution in [0.5, 0.6) is 5.75 Å². The van der Waals surface area contributed by atoms with Crippen LogP contribution in [0.1, 0.15) is 5.56 Å². The van der Waals surface area contributed by atoms with Crippen LogP contribution in [0.2, 0.25) is 0 Å². The van der Waals surface area contributed by atoms with Gasteiger partial charge in [0.1, 0.15) is 11.9 Å². The first-order valence-electron chi connectivity index (χ1n) is 2.98. The molecule has 0 fully saturated rings. The SMILES string of the molecule is C=C(Br)c1ccccc1OCl. The smallest absolute Gasteiger partial charge is 0.154 e. The van der Waals surface area contributed by atoms with Crippen molar-refractivity contribution in [3.63, 3.8) is 0 Å². The molecule has 11 heavy (non-hydrogen) atoms. The Labute approximate surface area is 78.9 Å². The van der Waals surface area contributed by atoms with E-state index in [2.05, 4.69) is 26.8 Å². The van der Waals surface area contributed by atoms with Gasteiger partial charge in [0.15, 0.2) is 5.75 Å². The van der Waals surface area contributed by atoms with Gasteiger partial charge in [-0.25, -0.2) is 0 Å². The minimum absolute atomic E-state index is 0.607. The summed E-state index contributed by atoms with van der Waals surface area (Å²) >= 11 is 8.46. The van der Waals surface area contributed by atoms with Gasteiger partial charge in [0.25, 0.3) is 0 Å². The minimum atomic E-state index is 0.607. The number of benzene rings is 1. The van der Waals surface area contributed by atoms with Crippen molar-refractivity contribution < 1.29 is 4.29 Å². The Hall–Kier alpha value is -0.470. The van der Waals surface area contributed by atoms with Crippen LogP contribution in [0, 0.1) is 0 Å². The van der Waals surface area contributed by atoms with Gasteiger partial charge in [-0.05, 0) is 6.07 Å². The predicted octanol–water partition coefficient (Wildman–Crippen LogP) is 3.58. The standard InChI is InChI=1S/C8H6BrClO/c1-6(9)7-4-2-3-5-8(7)11-10/h2-5H,1H2. The van der Waals surface area contributed by atoms with E-state index in [0.717, 1.165) is 10.0 Å². The normalized spacial score (nSPS) is 9.27. The first-order valence-corrected chi connectivity index (χ1v) is 4.08. The van der Waals surface area contributed by atoms with Crippen molar-refractivity contribution in [1.82, 2.24) is 0 Å². The van der Waals surface area contributed by atoms with Gasteiger partial charge in [-0.1, -0.05) is 40.7 Å². The zero-order chi connectivity index (χ0) is 8.27. The van der Waals surface area contributed by atoms with Gasteiger partial charge in [-0.15, -0.1) is 0 Å². The fourth-order valence-electron chi connectivity index (χ4n) is 0.758. The lowest BCUT2D eigenvalue weighted by atomic mass is 10.2. The average Bonchev–Trinajstić information content (AvgIpc) is 2.04. The van der Waals surface area contributed by atoms with Crippen LogP contribution in [-0.4, -0.2) is 0 Å². The summed E-state index contributed by atoms with van der Waals surface area (Å²) in [7, 11) is 0. The molecular formula is C8H6BrClO. The highest BCUT2D eigenvalue weighted by molar-refractivity contribution is 9.15. The number of halogens is 2. The third-order valence-corrected chi connectivity index (χ3v) is 1.86. The first-order chi connectivity index (χ1) is 5.25. The first kappa shape index (κ1) is 8.62. The second-order valence-corrected chi connectivity index (χ2v) is 3.09. The third kappa shape index (κ3) is 1.98. The number of hydrogen-bond donors (Lipinski definition) is 0. The molecule has 0 unspecified atom stereocenters. The summed E-state index contributed by atoms with van der Waals surface area (Å²) in [4.78, 5) is 0. The Morgan fingerprint density at radius 2 is 2.09 bits per heavy atom. The quantitative estimate of drug-likeness (QED) is 0.758. The molecule has 0 saturated heterocycles. The van der Waals surface area contributed by atoms with Crippen LogP contribution in [0.15, 0.2) is 30.8 Å². The van der Waals surface area contributed by atoms with Crippen LogP contribution >= 0.6 is 27.8 Å². The summed E-state index contributed by atoms with van der Waals surface area (Å²) in [5, 5.41) is 0. The Kier molecular flexibility index (Phi) is 2.97. The fraction of sp³-hybridized carbons (Fsp3) is 0. The minimum Gasteiger partial charge on any atom is -0.385 e. The largest absolute Gasteiger partial charge is 0.385 e. The summed E-state index contributed by atoms with van der Waals surface area (Å²) in [6.45, 7) is 3.71. The average molecular weight is 233 g/mol. The lowest BCUT2D eigenvalue weighted by Gasteiger charge is -2.02. The lowest BCUT2D eigenvalue weighted by Crippen LogP contribution is -1.81. The molecular weight excluding hydrogens is 227 g/mol. The summed E-state index contributed by atoms with van der Waals surface area (Å²) in [5.74, 6) is 0.607. The van der Waals surface area contributed by atoms with Crippen molar-refractivity contribution in [3.05, 3.63) is 36.4 Å². The van der Waals surface area contributed by atoms with Crippen molar-refractivity contribution in [1.29, 1.82) is 0 Å². The molecule has 0 bridgehead atoms. The van der Waals surface area contributed by atoms with Crippen LogP contribution in [0.25, 0.3) is 4.48 Å². The van der Waals surface area contributed by atoms with Crippen molar-refractivity contribution >= 4 is 32.3 Å². The number of para-hydroxylation sites is 1. The van der Waals surface area contributed by atoms with Gasteiger partial charge in [0.2, 0.25) is 0 Å². The molecule has 1 aromatic rings. The van der Waals surface area contributed by atoms with Gasteiger partial charge in [0, 0.05) is 10.0 Å². The number of hydrogen-bond acceptors (Lipinski definition) is 1. The van der Waals surface area contributed by atoms with E-state index in [1.54, 1.807) is 6.07 Å². The maximum Gasteiger partial charge on any atom is 0.154 e. The molecule has 0 amide bonds. The fourth-order valence-corrected chi connectivity index (χ4v) is 1.22. The molecule has 3 heteroatoms. The van der Waals surface area contributed by atoms with E-state index in [1.807, 2.05) is 18.2 Å². The van der Waals surface area contributed by atoms with E-state index >= 15 is 0 Å². The molecule has 58 valence electrons. The summed E-state index contributed by atoms with van der Waals surface area (Å²) in [5.41, 5.74) is 0.863. The Morgan fingerprint density at radius 1 is 1.45 bits per heavy atom. The third-order valence-electron chi connectivity index (χ3n) is 1.26. The highest BCUT2D eigenvalue weighted by atomic mass is 79.9. The van der Waals surface area contributed by atoms with E-state index in [9.17, 15) is 0 Å². The molecule has 1 aromatic carbocycles. The van der Waals surface area contributed by atoms with Gasteiger partial charge in [0.05, 0.1) is 0 Å². The van der Waals surface area contributed by atoms with Crippen molar-refractivity contribution in [2.24, 2.45) is 0 Å². The molecule has 1 rings (SSSR count). The molecule has 0 aromatic heterocycles. The summed E-state index contributed by atoms with van der Waals surface area (Å²) in [6.07, 6.45) is 0. The van der Waals surface area contributed by atoms with Crippen molar-refractivity contribution in [3.8, 4) is 5.75 Å². The van der Waals surface area contributed by atoms with Gasteiger partial charge in [-0.2, -0.15) is 0 Å². The molecule has 0 atom stereocenters. The molecule has 0 heterocycles. The van der Waals surface area contributed by atoms with E-state index in [-0.39, 0.29) is 0 Å². The molecule has 0 aliphatic rings.